The molecule has 0 aromatic heterocycles. The maximum Gasteiger partial charge on any atom is 0.253 e. The van der Waals surface area contributed by atoms with E-state index in [9.17, 15) is 13.2 Å². The molecule has 0 aliphatic carbocycles. The van der Waals surface area contributed by atoms with Crippen molar-refractivity contribution in [3.05, 3.63) is 29.3 Å². The smallest absolute Gasteiger partial charge is 0.253 e. The molecule has 27 heavy (non-hydrogen) atoms. The summed E-state index contributed by atoms with van der Waals surface area (Å²) in [5, 5.41) is 3.36. The number of carbonyl (C=O) groups is 1. The van der Waals surface area contributed by atoms with Gasteiger partial charge in [-0.1, -0.05) is 6.07 Å². The number of aryl methyl sites for hydroxylation is 1. The summed E-state index contributed by atoms with van der Waals surface area (Å²) in [7, 11) is -3.61. The molecule has 3 fully saturated rings. The van der Waals surface area contributed by atoms with Gasteiger partial charge in [0.2, 0.25) is 10.0 Å². The van der Waals surface area contributed by atoms with E-state index in [1.54, 1.807) is 25.1 Å². The second-order valence-corrected chi connectivity index (χ2v) is 9.29. The monoisotopic (exact) mass is 415 g/mol. The van der Waals surface area contributed by atoms with Crippen LogP contribution >= 0.6 is 12.4 Å². The van der Waals surface area contributed by atoms with Crippen LogP contribution in [0.3, 0.4) is 0 Å². The highest BCUT2D eigenvalue weighted by molar-refractivity contribution is 7.89. The highest BCUT2D eigenvalue weighted by Gasteiger charge is 2.38. The molecule has 0 radical (unpaired) electrons. The van der Waals surface area contributed by atoms with E-state index >= 15 is 0 Å². The maximum atomic E-state index is 13.0. The number of ether oxygens (including phenoxy) is 1. The number of sulfonamides is 1. The lowest BCUT2D eigenvalue weighted by Crippen LogP contribution is -2.41. The Morgan fingerprint density at radius 2 is 1.78 bits per heavy atom. The van der Waals surface area contributed by atoms with E-state index in [1.807, 2.05) is 4.90 Å². The molecule has 2 atom stereocenters. The molecule has 0 spiro atoms. The first kappa shape index (κ1) is 20.5. The van der Waals surface area contributed by atoms with Crippen molar-refractivity contribution in [2.45, 2.75) is 11.8 Å². The number of hydrogen-bond acceptors (Lipinski definition) is 5. The van der Waals surface area contributed by atoms with E-state index < -0.39 is 10.0 Å². The van der Waals surface area contributed by atoms with Crippen molar-refractivity contribution in [1.29, 1.82) is 0 Å². The molecule has 3 saturated heterocycles. The van der Waals surface area contributed by atoms with E-state index in [-0.39, 0.29) is 23.2 Å². The number of nitrogens with one attached hydrogen (secondary N) is 1. The zero-order valence-corrected chi connectivity index (χ0v) is 17.0. The first-order valence-electron chi connectivity index (χ1n) is 9.15. The normalized spacial score (nSPS) is 25.9. The van der Waals surface area contributed by atoms with Crippen LogP contribution < -0.4 is 5.32 Å². The van der Waals surface area contributed by atoms with Gasteiger partial charge in [-0.15, -0.1) is 12.4 Å². The third-order valence-electron chi connectivity index (χ3n) is 5.70. The van der Waals surface area contributed by atoms with Gasteiger partial charge in [-0.3, -0.25) is 4.79 Å². The molecule has 9 heteroatoms. The average molecular weight is 416 g/mol. The molecule has 7 nitrogen and oxygen atoms in total. The topological polar surface area (TPSA) is 79.0 Å². The summed E-state index contributed by atoms with van der Waals surface area (Å²) in [5.41, 5.74) is 1.12. The third-order valence-corrected chi connectivity index (χ3v) is 7.74. The van der Waals surface area contributed by atoms with Crippen LogP contribution in [0.25, 0.3) is 0 Å². The van der Waals surface area contributed by atoms with Gasteiger partial charge in [-0.2, -0.15) is 4.31 Å². The van der Waals surface area contributed by atoms with E-state index in [0.29, 0.717) is 49.3 Å². The molecule has 0 bridgehead atoms. The summed E-state index contributed by atoms with van der Waals surface area (Å²) >= 11 is 0. The predicted molar refractivity (Wildman–Crippen MR) is 104 cm³/mol. The number of carbonyl (C=O) groups excluding carboxylic acids is 1. The van der Waals surface area contributed by atoms with Gasteiger partial charge < -0.3 is 15.0 Å². The van der Waals surface area contributed by atoms with Gasteiger partial charge in [0.1, 0.15) is 0 Å². The van der Waals surface area contributed by atoms with E-state index in [2.05, 4.69) is 5.32 Å². The Bertz CT molecular complexity index is 799. The molecular weight excluding hydrogens is 390 g/mol. The molecule has 3 heterocycles. The minimum atomic E-state index is -3.61. The van der Waals surface area contributed by atoms with Crippen LogP contribution in [0.2, 0.25) is 0 Å². The fourth-order valence-electron chi connectivity index (χ4n) is 4.14. The van der Waals surface area contributed by atoms with Crippen LogP contribution in [0.4, 0.5) is 0 Å². The number of rotatable bonds is 3. The van der Waals surface area contributed by atoms with Gasteiger partial charge in [0, 0.05) is 44.8 Å². The minimum absolute atomic E-state index is 0. The third kappa shape index (κ3) is 3.86. The number of likely N-dealkylation sites (tertiary alicyclic amines) is 1. The number of benzene rings is 1. The predicted octanol–water partition coefficient (Wildman–Crippen LogP) is 0.729. The van der Waals surface area contributed by atoms with Crippen molar-refractivity contribution in [3.8, 4) is 0 Å². The molecule has 1 N–H and O–H groups in total. The van der Waals surface area contributed by atoms with Crippen molar-refractivity contribution >= 4 is 28.3 Å². The van der Waals surface area contributed by atoms with Crippen molar-refractivity contribution in [1.82, 2.24) is 14.5 Å². The number of hydrogen-bond donors (Lipinski definition) is 1. The first-order chi connectivity index (χ1) is 12.5. The number of nitrogens with zero attached hydrogens (tertiary/aromatic N) is 2. The Kier molecular flexibility index (Phi) is 6.12. The fraction of sp³-hybridized carbons (Fsp3) is 0.611. The van der Waals surface area contributed by atoms with Gasteiger partial charge in [-0.05, 0) is 36.5 Å². The van der Waals surface area contributed by atoms with Crippen LogP contribution in [0.5, 0.6) is 0 Å². The standard InChI is InChI=1S/C18H25N3O4S.ClH/c1-13-2-3-14(18(22)20-11-15-9-19-10-16(15)12-20)8-17(13)26(23,24)21-4-6-25-7-5-21;/h2-3,8,15-16,19H,4-7,9-12H2,1H3;1H/t15-,16+;. The Balaban J connectivity index is 0.00000210. The zero-order chi connectivity index (χ0) is 18.3. The summed E-state index contributed by atoms with van der Waals surface area (Å²) in [5.74, 6) is 0.958. The maximum absolute atomic E-state index is 13.0. The van der Waals surface area contributed by atoms with Gasteiger partial charge in [0.15, 0.2) is 0 Å². The summed E-state index contributed by atoms with van der Waals surface area (Å²) in [6.45, 7) is 6.69. The van der Waals surface area contributed by atoms with Crippen molar-refractivity contribution in [2.75, 3.05) is 52.5 Å². The van der Waals surface area contributed by atoms with Crippen LogP contribution in [0, 0.1) is 18.8 Å². The average Bonchev–Trinajstić information content (AvgIpc) is 3.24. The van der Waals surface area contributed by atoms with Crippen molar-refractivity contribution in [2.24, 2.45) is 11.8 Å². The second kappa shape index (κ2) is 8.05. The highest BCUT2D eigenvalue weighted by atomic mass is 35.5. The van der Waals surface area contributed by atoms with Gasteiger partial charge >= 0.3 is 0 Å². The molecule has 1 amide bonds. The second-order valence-electron chi connectivity index (χ2n) is 7.39. The number of fused-ring (bicyclic) bond motifs is 1. The fourth-order valence-corrected chi connectivity index (χ4v) is 5.80. The summed E-state index contributed by atoms with van der Waals surface area (Å²) in [4.78, 5) is 15.0. The van der Waals surface area contributed by atoms with E-state index in [4.69, 9.17) is 4.74 Å². The molecule has 3 aliphatic heterocycles. The molecular formula is C18H26ClN3O4S. The first-order valence-corrected chi connectivity index (χ1v) is 10.6. The molecule has 3 aliphatic rings. The zero-order valence-electron chi connectivity index (χ0n) is 15.4. The number of morpholine rings is 1. The summed E-state index contributed by atoms with van der Waals surface area (Å²) in [6.07, 6.45) is 0. The molecule has 1 aromatic carbocycles. The van der Waals surface area contributed by atoms with Crippen LogP contribution in [-0.4, -0.2) is 76.0 Å². The number of halogens is 1. The van der Waals surface area contributed by atoms with E-state index in [1.165, 1.54) is 4.31 Å². The summed E-state index contributed by atoms with van der Waals surface area (Å²) in [6, 6.07) is 5.02. The van der Waals surface area contributed by atoms with Crippen LogP contribution in [-0.2, 0) is 14.8 Å². The molecule has 1 aromatic rings. The molecule has 0 saturated carbocycles. The lowest BCUT2D eigenvalue weighted by atomic mass is 10.0. The minimum Gasteiger partial charge on any atom is -0.379 e. The Labute approximate surface area is 166 Å². The highest BCUT2D eigenvalue weighted by Crippen LogP contribution is 2.29. The van der Waals surface area contributed by atoms with E-state index in [0.717, 1.165) is 26.2 Å². The summed E-state index contributed by atoms with van der Waals surface area (Å²) < 4.78 is 32.7. The largest absolute Gasteiger partial charge is 0.379 e. The molecule has 0 unspecified atom stereocenters. The van der Waals surface area contributed by atoms with Crippen LogP contribution in [0.1, 0.15) is 15.9 Å². The Morgan fingerprint density at radius 1 is 1.15 bits per heavy atom. The van der Waals surface area contributed by atoms with Crippen LogP contribution in [0.15, 0.2) is 23.1 Å². The lowest BCUT2D eigenvalue weighted by Gasteiger charge is -2.27. The van der Waals surface area contributed by atoms with Crippen molar-refractivity contribution in [3.63, 3.8) is 0 Å². The van der Waals surface area contributed by atoms with Gasteiger partial charge in [0.25, 0.3) is 5.91 Å². The van der Waals surface area contributed by atoms with Gasteiger partial charge in [-0.25, -0.2) is 8.42 Å². The lowest BCUT2D eigenvalue weighted by molar-refractivity contribution is 0.0730. The Morgan fingerprint density at radius 3 is 2.41 bits per heavy atom. The molecule has 4 rings (SSSR count). The van der Waals surface area contributed by atoms with Gasteiger partial charge in [0.05, 0.1) is 18.1 Å². The quantitative estimate of drug-likeness (QED) is 0.787. The molecule has 150 valence electrons. The number of amides is 1. The SMILES string of the molecule is Cc1ccc(C(=O)N2C[C@H]3CNC[C@H]3C2)cc1S(=O)(=O)N1CCOCC1.Cl. The van der Waals surface area contributed by atoms with Crippen molar-refractivity contribution < 1.29 is 17.9 Å². The Hall–Kier alpha value is -1.19.